The van der Waals surface area contributed by atoms with E-state index in [1.165, 1.54) is 18.3 Å². The van der Waals surface area contributed by atoms with E-state index in [0.717, 1.165) is 0 Å². The third-order valence-corrected chi connectivity index (χ3v) is 2.05. The quantitative estimate of drug-likeness (QED) is 0.786. The lowest BCUT2D eigenvalue weighted by Crippen LogP contribution is -2.43. The number of rotatable bonds is 5. The van der Waals surface area contributed by atoms with Crippen LogP contribution in [0.4, 0.5) is 10.2 Å². The van der Waals surface area contributed by atoms with Crippen LogP contribution in [0.1, 0.15) is 6.92 Å². The second kappa shape index (κ2) is 5.23. The SMILES string of the molecule is CN(C)CC(C)(O)CNc1ncccc1F. The normalized spacial score (nSPS) is 14.9. The van der Waals surface area contributed by atoms with Crippen LogP contribution in [-0.2, 0) is 0 Å². The molecule has 90 valence electrons. The predicted molar refractivity (Wildman–Crippen MR) is 61.9 cm³/mol. The molecule has 0 aromatic carbocycles. The molecule has 0 bridgehead atoms. The van der Waals surface area contributed by atoms with Crippen LogP contribution in [0.5, 0.6) is 0 Å². The molecule has 1 atom stereocenters. The van der Waals surface area contributed by atoms with E-state index in [4.69, 9.17) is 0 Å². The topological polar surface area (TPSA) is 48.4 Å². The molecule has 0 radical (unpaired) electrons. The average molecular weight is 227 g/mol. The minimum absolute atomic E-state index is 0.168. The Labute approximate surface area is 95.1 Å². The summed E-state index contributed by atoms with van der Waals surface area (Å²) in [5.41, 5.74) is -0.923. The number of anilines is 1. The Hall–Kier alpha value is -1.20. The lowest BCUT2D eigenvalue weighted by molar-refractivity contribution is 0.0458. The van der Waals surface area contributed by atoms with Gasteiger partial charge in [-0.15, -0.1) is 0 Å². The van der Waals surface area contributed by atoms with Crippen LogP contribution in [0.25, 0.3) is 0 Å². The van der Waals surface area contributed by atoms with Crippen molar-refractivity contribution in [1.29, 1.82) is 0 Å². The molecule has 1 unspecified atom stereocenters. The molecule has 0 aliphatic rings. The predicted octanol–water partition coefficient (Wildman–Crippen LogP) is 0.945. The summed E-state index contributed by atoms with van der Waals surface area (Å²) in [4.78, 5) is 5.72. The van der Waals surface area contributed by atoms with Gasteiger partial charge in [-0.1, -0.05) is 0 Å². The fraction of sp³-hybridized carbons (Fsp3) is 0.545. The van der Waals surface area contributed by atoms with Gasteiger partial charge >= 0.3 is 0 Å². The molecular formula is C11H18FN3O. The zero-order valence-corrected chi connectivity index (χ0v) is 9.87. The van der Waals surface area contributed by atoms with Crippen LogP contribution in [0.15, 0.2) is 18.3 Å². The van der Waals surface area contributed by atoms with Crippen LogP contribution in [0.3, 0.4) is 0 Å². The minimum Gasteiger partial charge on any atom is -0.387 e. The molecule has 16 heavy (non-hydrogen) atoms. The summed E-state index contributed by atoms with van der Waals surface area (Å²) >= 11 is 0. The maximum absolute atomic E-state index is 13.2. The fourth-order valence-electron chi connectivity index (χ4n) is 1.53. The Morgan fingerprint density at radius 3 is 2.81 bits per heavy atom. The second-order valence-corrected chi connectivity index (χ2v) is 4.42. The summed E-state index contributed by atoms with van der Waals surface area (Å²) in [7, 11) is 3.74. The highest BCUT2D eigenvalue weighted by atomic mass is 19.1. The summed E-state index contributed by atoms with van der Waals surface area (Å²) in [6.45, 7) is 2.44. The maximum Gasteiger partial charge on any atom is 0.165 e. The number of aliphatic hydroxyl groups is 1. The van der Waals surface area contributed by atoms with E-state index in [1.54, 1.807) is 6.92 Å². The molecule has 1 aromatic rings. The fourth-order valence-corrected chi connectivity index (χ4v) is 1.53. The van der Waals surface area contributed by atoms with Gasteiger partial charge in [-0.05, 0) is 33.2 Å². The molecule has 5 heteroatoms. The van der Waals surface area contributed by atoms with E-state index < -0.39 is 11.4 Å². The van der Waals surface area contributed by atoms with Crippen LogP contribution < -0.4 is 5.32 Å². The van der Waals surface area contributed by atoms with Gasteiger partial charge in [0.05, 0.1) is 5.60 Å². The first-order valence-corrected chi connectivity index (χ1v) is 5.12. The van der Waals surface area contributed by atoms with Crippen LogP contribution in [-0.4, -0.2) is 47.8 Å². The highest BCUT2D eigenvalue weighted by Crippen LogP contribution is 2.11. The summed E-state index contributed by atoms with van der Waals surface area (Å²) in [5, 5.41) is 12.8. The number of nitrogens with zero attached hydrogens (tertiary/aromatic N) is 2. The first kappa shape index (κ1) is 12.9. The van der Waals surface area contributed by atoms with E-state index in [-0.39, 0.29) is 12.4 Å². The Morgan fingerprint density at radius 1 is 1.56 bits per heavy atom. The number of likely N-dealkylation sites (N-methyl/N-ethyl adjacent to an activating group) is 1. The van der Waals surface area contributed by atoms with Crippen molar-refractivity contribution < 1.29 is 9.50 Å². The summed E-state index contributed by atoms with van der Waals surface area (Å²) in [6, 6.07) is 2.86. The van der Waals surface area contributed by atoms with Crippen molar-refractivity contribution in [2.24, 2.45) is 0 Å². The van der Waals surface area contributed by atoms with Crippen molar-refractivity contribution in [3.8, 4) is 0 Å². The zero-order valence-electron chi connectivity index (χ0n) is 9.87. The molecule has 1 rings (SSSR count). The Bertz CT molecular complexity index is 342. The van der Waals surface area contributed by atoms with Crippen molar-refractivity contribution >= 4 is 5.82 Å². The molecular weight excluding hydrogens is 209 g/mol. The number of pyridine rings is 1. The van der Waals surface area contributed by atoms with Crippen molar-refractivity contribution in [1.82, 2.24) is 9.88 Å². The second-order valence-electron chi connectivity index (χ2n) is 4.42. The van der Waals surface area contributed by atoms with Gasteiger partial charge in [0.15, 0.2) is 11.6 Å². The Balaban J connectivity index is 2.54. The van der Waals surface area contributed by atoms with E-state index in [1.807, 2.05) is 19.0 Å². The molecule has 0 amide bonds. The monoisotopic (exact) mass is 227 g/mol. The molecule has 1 aromatic heterocycles. The van der Waals surface area contributed by atoms with Gasteiger partial charge in [-0.3, -0.25) is 0 Å². The highest BCUT2D eigenvalue weighted by molar-refractivity contribution is 5.35. The van der Waals surface area contributed by atoms with E-state index >= 15 is 0 Å². The first-order valence-electron chi connectivity index (χ1n) is 5.12. The van der Waals surface area contributed by atoms with Gasteiger partial charge in [0, 0.05) is 19.3 Å². The molecule has 1 heterocycles. The van der Waals surface area contributed by atoms with Crippen LogP contribution in [0.2, 0.25) is 0 Å². The van der Waals surface area contributed by atoms with E-state index in [2.05, 4.69) is 10.3 Å². The zero-order chi connectivity index (χ0) is 12.2. The standard InChI is InChI=1S/C11H18FN3O/c1-11(16,8-15(2)3)7-14-10-9(12)5-4-6-13-10/h4-6,16H,7-8H2,1-3H3,(H,13,14). The van der Waals surface area contributed by atoms with E-state index in [0.29, 0.717) is 6.54 Å². The van der Waals surface area contributed by atoms with Crippen molar-refractivity contribution in [2.45, 2.75) is 12.5 Å². The minimum atomic E-state index is -0.923. The Kier molecular flexibility index (Phi) is 4.20. The highest BCUT2D eigenvalue weighted by Gasteiger charge is 2.21. The third kappa shape index (κ3) is 4.12. The molecule has 0 saturated heterocycles. The number of nitrogens with one attached hydrogen (secondary N) is 1. The van der Waals surface area contributed by atoms with Crippen molar-refractivity contribution in [3.63, 3.8) is 0 Å². The summed E-state index contributed by atoms with van der Waals surface area (Å²) in [6.07, 6.45) is 1.51. The maximum atomic E-state index is 13.2. The van der Waals surface area contributed by atoms with Gasteiger partial charge in [0.1, 0.15) is 0 Å². The van der Waals surface area contributed by atoms with Gasteiger partial charge in [0.2, 0.25) is 0 Å². The summed E-state index contributed by atoms with van der Waals surface area (Å²) < 4.78 is 13.2. The van der Waals surface area contributed by atoms with Crippen molar-refractivity contribution in [3.05, 3.63) is 24.1 Å². The van der Waals surface area contributed by atoms with E-state index in [9.17, 15) is 9.50 Å². The lowest BCUT2D eigenvalue weighted by atomic mass is 10.1. The number of hydrogen-bond donors (Lipinski definition) is 2. The molecule has 0 aliphatic heterocycles. The van der Waals surface area contributed by atoms with Gasteiger partial charge in [-0.2, -0.15) is 0 Å². The average Bonchev–Trinajstić information content (AvgIpc) is 2.14. The van der Waals surface area contributed by atoms with Gasteiger partial charge in [-0.25, -0.2) is 9.37 Å². The van der Waals surface area contributed by atoms with Crippen LogP contribution >= 0.6 is 0 Å². The number of hydrogen-bond acceptors (Lipinski definition) is 4. The molecule has 0 saturated carbocycles. The largest absolute Gasteiger partial charge is 0.387 e. The van der Waals surface area contributed by atoms with Crippen molar-refractivity contribution in [2.75, 3.05) is 32.5 Å². The Morgan fingerprint density at radius 2 is 2.25 bits per heavy atom. The molecule has 2 N–H and O–H groups in total. The van der Waals surface area contributed by atoms with Gasteiger partial charge < -0.3 is 15.3 Å². The third-order valence-electron chi connectivity index (χ3n) is 2.05. The molecule has 0 fully saturated rings. The van der Waals surface area contributed by atoms with Gasteiger partial charge in [0.25, 0.3) is 0 Å². The molecule has 0 aliphatic carbocycles. The molecule has 0 spiro atoms. The number of aromatic nitrogens is 1. The van der Waals surface area contributed by atoms with Crippen LogP contribution in [0, 0.1) is 5.82 Å². The number of halogens is 1. The smallest absolute Gasteiger partial charge is 0.165 e. The summed E-state index contributed by atoms with van der Waals surface area (Å²) in [5.74, 6) is -0.246. The first-order chi connectivity index (χ1) is 7.41. The lowest BCUT2D eigenvalue weighted by Gasteiger charge is -2.27. The molecule has 4 nitrogen and oxygen atoms in total.